The predicted molar refractivity (Wildman–Crippen MR) is 99.6 cm³/mol. The molecule has 0 aliphatic heterocycles. The van der Waals surface area contributed by atoms with E-state index in [4.69, 9.17) is 4.74 Å². The van der Waals surface area contributed by atoms with Crippen LogP contribution in [0.5, 0.6) is 5.75 Å². The number of hydrogen-bond acceptors (Lipinski definition) is 4. The van der Waals surface area contributed by atoms with Crippen molar-refractivity contribution in [3.05, 3.63) is 54.1 Å². The average molecular weight is 362 g/mol. The number of para-hydroxylation sites is 1. The maximum atomic E-state index is 12.2. The second-order valence-electron chi connectivity index (χ2n) is 5.65. The third-order valence-electron chi connectivity index (χ3n) is 3.70. The molecule has 0 unspecified atom stereocenters. The molecular weight excluding hydrogens is 340 g/mol. The number of amides is 1. The van der Waals surface area contributed by atoms with Crippen LogP contribution in [0.2, 0.25) is 0 Å². The first kappa shape index (κ1) is 18.8. The number of ether oxygens (including phenoxy) is 1. The Morgan fingerprint density at radius 3 is 2.52 bits per heavy atom. The Morgan fingerprint density at radius 2 is 1.88 bits per heavy atom. The number of nitrogens with one attached hydrogen (secondary N) is 1. The van der Waals surface area contributed by atoms with Crippen LogP contribution in [0.1, 0.15) is 12.0 Å². The number of methoxy groups -OCH3 is 1. The molecule has 6 nitrogen and oxygen atoms in total. The minimum Gasteiger partial charge on any atom is -0.497 e. The summed E-state index contributed by atoms with van der Waals surface area (Å²) in [4.78, 5) is 12.2. The van der Waals surface area contributed by atoms with E-state index in [1.165, 1.54) is 11.4 Å². The van der Waals surface area contributed by atoms with Crippen molar-refractivity contribution in [2.45, 2.75) is 13.3 Å². The Bertz CT molecular complexity index is 850. The van der Waals surface area contributed by atoms with E-state index in [-0.39, 0.29) is 18.9 Å². The Labute approximate surface area is 148 Å². The first-order chi connectivity index (χ1) is 11.8. The van der Waals surface area contributed by atoms with E-state index in [0.29, 0.717) is 11.4 Å². The molecule has 2 rings (SSSR count). The molecule has 134 valence electrons. The average Bonchev–Trinajstić information content (AvgIpc) is 2.56. The monoisotopic (exact) mass is 362 g/mol. The number of nitrogens with zero attached hydrogens (tertiary/aromatic N) is 1. The van der Waals surface area contributed by atoms with E-state index in [1.807, 2.05) is 31.2 Å². The third kappa shape index (κ3) is 5.22. The van der Waals surface area contributed by atoms with Crippen LogP contribution in [0.4, 0.5) is 11.4 Å². The van der Waals surface area contributed by atoms with Crippen molar-refractivity contribution in [3.8, 4) is 5.75 Å². The van der Waals surface area contributed by atoms with E-state index in [9.17, 15) is 13.2 Å². The van der Waals surface area contributed by atoms with Gasteiger partial charge in [0.05, 0.1) is 19.1 Å². The van der Waals surface area contributed by atoms with Crippen LogP contribution >= 0.6 is 0 Å². The second-order valence-corrected chi connectivity index (χ2v) is 7.56. The Hall–Kier alpha value is -2.54. The molecule has 1 amide bonds. The second kappa shape index (κ2) is 8.02. The third-order valence-corrected chi connectivity index (χ3v) is 4.90. The highest BCUT2D eigenvalue weighted by Crippen LogP contribution is 2.23. The normalized spacial score (nSPS) is 11.0. The molecular formula is C18H22N2O4S. The molecule has 25 heavy (non-hydrogen) atoms. The quantitative estimate of drug-likeness (QED) is 0.822. The Kier molecular flexibility index (Phi) is 6.03. The largest absolute Gasteiger partial charge is 0.497 e. The lowest BCUT2D eigenvalue weighted by molar-refractivity contribution is -0.116. The van der Waals surface area contributed by atoms with Gasteiger partial charge in [-0.15, -0.1) is 0 Å². The molecule has 0 aliphatic rings. The van der Waals surface area contributed by atoms with Gasteiger partial charge >= 0.3 is 0 Å². The molecule has 0 heterocycles. The number of hydrogen-bond donors (Lipinski definition) is 1. The molecule has 0 radical (unpaired) electrons. The maximum absolute atomic E-state index is 12.2. The molecule has 2 aromatic carbocycles. The van der Waals surface area contributed by atoms with Crippen LogP contribution in [0.25, 0.3) is 0 Å². The number of aryl methyl sites for hydroxylation is 1. The summed E-state index contributed by atoms with van der Waals surface area (Å²) in [5.74, 6) is 0.307. The zero-order valence-electron chi connectivity index (χ0n) is 14.5. The Balaban J connectivity index is 2.10. The molecule has 0 aromatic heterocycles. The smallest absolute Gasteiger partial charge is 0.232 e. The zero-order chi connectivity index (χ0) is 18.4. The lowest BCUT2D eigenvalue weighted by Gasteiger charge is -2.22. The molecule has 0 saturated carbocycles. The van der Waals surface area contributed by atoms with Gasteiger partial charge in [0.2, 0.25) is 15.9 Å². The van der Waals surface area contributed by atoms with E-state index < -0.39 is 10.0 Å². The van der Waals surface area contributed by atoms with Crippen LogP contribution in [0.3, 0.4) is 0 Å². The van der Waals surface area contributed by atoms with Crippen molar-refractivity contribution >= 4 is 27.3 Å². The van der Waals surface area contributed by atoms with Crippen LogP contribution in [-0.2, 0) is 14.8 Å². The van der Waals surface area contributed by atoms with E-state index in [2.05, 4.69) is 5.32 Å². The minimum absolute atomic E-state index is 0.0403. The fraction of sp³-hybridized carbons (Fsp3) is 0.278. The molecule has 0 bridgehead atoms. The summed E-state index contributed by atoms with van der Waals surface area (Å²) >= 11 is 0. The number of anilines is 2. The molecule has 2 aromatic rings. The lowest BCUT2D eigenvalue weighted by atomic mass is 10.2. The predicted octanol–water partition coefficient (Wildman–Crippen LogP) is 2.80. The van der Waals surface area contributed by atoms with Crippen LogP contribution < -0.4 is 14.4 Å². The van der Waals surface area contributed by atoms with Crippen molar-refractivity contribution in [3.63, 3.8) is 0 Å². The van der Waals surface area contributed by atoms with Gasteiger partial charge in [-0.25, -0.2) is 8.42 Å². The van der Waals surface area contributed by atoms with Gasteiger partial charge in [-0.3, -0.25) is 9.10 Å². The first-order valence-electron chi connectivity index (χ1n) is 7.78. The summed E-state index contributed by atoms with van der Waals surface area (Å²) in [6, 6.07) is 14.2. The standard InChI is InChI=1S/C18H22N2O4S/c1-14-7-4-5-10-17(14)19-18(21)11-12-20(25(3,22)23)15-8-6-9-16(13-15)24-2/h4-10,13H,11-12H2,1-3H3,(H,19,21). The van der Waals surface area contributed by atoms with Crippen molar-refractivity contribution in [2.24, 2.45) is 0 Å². The van der Waals surface area contributed by atoms with E-state index in [0.717, 1.165) is 17.5 Å². The molecule has 1 N–H and O–H groups in total. The van der Waals surface area contributed by atoms with E-state index >= 15 is 0 Å². The fourth-order valence-electron chi connectivity index (χ4n) is 2.38. The van der Waals surface area contributed by atoms with Gasteiger partial charge in [-0.05, 0) is 30.7 Å². The van der Waals surface area contributed by atoms with Gasteiger partial charge in [0.15, 0.2) is 0 Å². The molecule has 7 heteroatoms. The molecule has 0 fully saturated rings. The number of benzene rings is 2. The fourth-order valence-corrected chi connectivity index (χ4v) is 3.30. The highest BCUT2D eigenvalue weighted by Gasteiger charge is 2.19. The van der Waals surface area contributed by atoms with Gasteiger partial charge in [0.1, 0.15) is 5.75 Å². The number of carbonyl (C=O) groups excluding carboxylic acids is 1. The maximum Gasteiger partial charge on any atom is 0.232 e. The molecule has 0 atom stereocenters. The lowest BCUT2D eigenvalue weighted by Crippen LogP contribution is -2.33. The number of rotatable bonds is 7. The van der Waals surface area contributed by atoms with Gasteiger partial charge in [0.25, 0.3) is 0 Å². The summed E-state index contributed by atoms with van der Waals surface area (Å²) in [7, 11) is -2.01. The topological polar surface area (TPSA) is 75.7 Å². The van der Waals surface area contributed by atoms with Crippen molar-refractivity contribution in [1.82, 2.24) is 0 Å². The zero-order valence-corrected chi connectivity index (χ0v) is 15.3. The van der Waals surface area contributed by atoms with Crippen LogP contribution in [-0.4, -0.2) is 34.2 Å². The minimum atomic E-state index is -3.52. The van der Waals surface area contributed by atoms with Gasteiger partial charge in [-0.2, -0.15) is 0 Å². The van der Waals surface area contributed by atoms with Gasteiger partial charge in [0, 0.05) is 24.7 Å². The van der Waals surface area contributed by atoms with Crippen molar-refractivity contribution < 1.29 is 17.9 Å². The summed E-state index contributed by atoms with van der Waals surface area (Å²) in [6.45, 7) is 1.94. The van der Waals surface area contributed by atoms with Crippen LogP contribution in [0, 0.1) is 6.92 Å². The molecule has 0 saturated heterocycles. The number of sulfonamides is 1. The summed E-state index contributed by atoms with van der Waals surface area (Å²) < 4.78 is 30.6. The van der Waals surface area contributed by atoms with Crippen molar-refractivity contribution in [2.75, 3.05) is 29.5 Å². The highest BCUT2D eigenvalue weighted by atomic mass is 32.2. The molecule has 0 spiro atoms. The van der Waals surface area contributed by atoms with Crippen molar-refractivity contribution in [1.29, 1.82) is 0 Å². The Morgan fingerprint density at radius 1 is 1.16 bits per heavy atom. The SMILES string of the molecule is COc1cccc(N(CCC(=O)Nc2ccccc2C)S(C)(=O)=O)c1. The first-order valence-corrected chi connectivity index (χ1v) is 9.63. The number of carbonyl (C=O) groups is 1. The molecule has 0 aliphatic carbocycles. The highest BCUT2D eigenvalue weighted by molar-refractivity contribution is 7.92. The van der Waals surface area contributed by atoms with Crippen LogP contribution in [0.15, 0.2) is 48.5 Å². The van der Waals surface area contributed by atoms with Gasteiger partial charge in [-0.1, -0.05) is 24.3 Å². The summed E-state index contributed by atoms with van der Waals surface area (Å²) in [5.41, 5.74) is 2.13. The van der Waals surface area contributed by atoms with Gasteiger partial charge < -0.3 is 10.1 Å². The summed E-state index contributed by atoms with van der Waals surface area (Å²) in [5, 5.41) is 2.81. The summed E-state index contributed by atoms with van der Waals surface area (Å²) in [6.07, 6.45) is 1.16. The van der Waals surface area contributed by atoms with E-state index in [1.54, 1.807) is 24.3 Å².